The van der Waals surface area contributed by atoms with Crippen LogP contribution >= 0.6 is 12.2 Å². The van der Waals surface area contributed by atoms with Crippen molar-refractivity contribution in [1.29, 1.82) is 0 Å². The minimum absolute atomic E-state index is 0.933. The standard InChI is InChI=1S/C10H17N2S/c1-5-11-8(3)7-9(4)12(6-2)10(11)13/h7H,5-6H2,1-4H3/q+1. The van der Waals surface area contributed by atoms with Gasteiger partial charge in [0, 0.05) is 18.3 Å². The van der Waals surface area contributed by atoms with E-state index in [2.05, 4.69) is 42.9 Å². The van der Waals surface area contributed by atoms with E-state index < -0.39 is 0 Å². The van der Waals surface area contributed by atoms with Crippen LogP contribution in [0, 0.1) is 18.6 Å². The summed E-state index contributed by atoms with van der Waals surface area (Å²) in [6.45, 7) is 10.4. The summed E-state index contributed by atoms with van der Waals surface area (Å²) in [6.07, 6.45) is 0. The van der Waals surface area contributed by atoms with Crippen LogP contribution in [0.5, 0.6) is 0 Å². The second-order valence-electron chi connectivity index (χ2n) is 3.20. The first-order valence-electron chi connectivity index (χ1n) is 4.72. The predicted octanol–water partition coefficient (Wildman–Crippen LogP) is 2.16. The molecule has 0 saturated carbocycles. The zero-order valence-electron chi connectivity index (χ0n) is 8.79. The zero-order valence-corrected chi connectivity index (χ0v) is 9.61. The second-order valence-corrected chi connectivity index (χ2v) is 3.56. The highest BCUT2D eigenvalue weighted by Gasteiger charge is 2.10. The lowest BCUT2D eigenvalue weighted by Crippen LogP contribution is -2.40. The highest BCUT2D eigenvalue weighted by atomic mass is 32.1. The molecule has 0 aromatic carbocycles. The van der Waals surface area contributed by atoms with Crippen LogP contribution in [0.1, 0.15) is 25.2 Å². The first kappa shape index (κ1) is 10.4. The molecule has 0 fully saturated rings. The van der Waals surface area contributed by atoms with Crippen molar-refractivity contribution in [2.45, 2.75) is 40.8 Å². The summed E-state index contributed by atoms with van der Waals surface area (Å²) in [6, 6.07) is 2.18. The molecule has 0 aliphatic heterocycles. The van der Waals surface area contributed by atoms with Gasteiger partial charge in [0.25, 0.3) is 0 Å². The lowest BCUT2D eigenvalue weighted by atomic mass is 10.3. The van der Waals surface area contributed by atoms with Crippen LogP contribution < -0.4 is 4.57 Å². The van der Waals surface area contributed by atoms with Crippen LogP contribution in [0.25, 0.3) is 0 Å². The Balaban J connectivity index is 3.49. The zero-order chi connectivity index (χ0) is 10.0. The summed E-state index contributed by atoms with van der Waals surface area (Å²) >= 11 is 5.39. The normalized spacial score (nSPS) is 10.5. The summed E-state index contributed by atoms with van der Waals surface area (Å²) < 4.78 is 5.25. The van der Waals surface area contributed by atoms with E-state index in [4.69, 9.17) is 12.2 Å². The Labute approximate surface area is 84.8 Å². The topological polar surface area (TPSA) is 8.81 Å². The predicted molar refractivity (Wildman–Crippen MR) is 56.3 cm³/mol. The van der Waals surface area contributed by atoms with Crippen molar-refractivity contribution in [2.75, 3.05) is 0 Å². The fourth-order valence-electron chi connectivity index (χ4n) is 1.67. The number of hydrogen-bond acceptors (Lipinski definition) is 1. The van der Waals surface area contributed by atoms with Gasteiger partial charge in [-0.05, 0) is 27.7 Å². The molecule has 1 rings (SSSR count). The van der Waals surface area contributed by atoms with Gasteiger partial charge in [0.2, 0.25) is 0 Å². The van der Waals surface area contributed by atoms with Gasteiger partial charge in [-0.25, -0.2) is 9.13 Å². The molecule has 0 aliphatic rings. The SMILES string of the molecule is CCn1c(C)cc(C)[n+](CC)c1=S. The van der Waals surface area contributed by atoms with E-state index >= 15 is 0 Å². The van der Waals surface area contributed by atoms with Crippen molar-refractivity contribution in [2.24, 2.45) is 0 Å². The van der Waals surface area contributed by atoms with Gasteiger partial charge in [-0.3, -0.25) is 0 Å². The van der Waals surface area contributed by atoms with Gasteiger partial charge in [0.05, 0.1) is 13.1 Å². The van der Waals surface area contributed by atoms with Gasteiger partial charge < -0.3 is 0 Å². The Hall–Kier alpha value is -0.700. The monoisotopic (exact) mass is 197 g/mol. The Morgan fingerprint density at radius 2 is 2.00 bits per heavy atom. The van der Waals surface area contributed by atoms with Gasteiger partial charge in [0.15, 0.2) is 0 Å². The molecular weight excluding hydrogens is 180 g/mol. The molecule has 0 saturated heterocycles. The number of aromatic nitrogens is 2. The van der Waals surface area contributed by atoms with Crippen LogP contribution in [0.4, 0.5) is 0 Å². The van der Waals surface area contributed by atoms with E-state index in [0.29, 0.717) is 0 Å². The average Bonchev–Trinajstić information content (AvgIpc) is 2.04. The smallest absolute Gasteiger partial charge is 0.222 e. The number of hydrogen-bond donors (Lipinski definition) is 0. The number of nitrogens with zero attached hydrogens (tertiary/aromatic N) is 2. The molecule has 2 nitrogen and oxygen atoms in total. The Morgan fingerprint density at radius 3 is 2.46 bits per heavy atom. The Kier molecular flexibility index (Phi) is 3.20. The van der Waals surface area contributed by atoms with Crippen molar-refractivity contribution in [3.8, 4) is 0 Å². The molecule has 0 spiro atoms. The fourth-order valence-corrected chi connectivity index (χ4v) is 2.22. The number of rotatable bonds is 2. The van der Waals surface area contributed by atoms with Gasteiger partial charge in [0.1, 0.15) is 11.4 Å². The summed E-state index contributed by atoms with van der Waals surface area (Å²) in [4.78, 5) is 0. The van der Waals surface area contributed by atoms with Crippen LogP contribution in [-0.2, 0) is 13.1 Å². The van der Waals surface area contributed by atoms with Crippen molar-refractivity contribution < 1.29 is 4.57 Å². The molecule has 0 aliphatic carbocycles. The Morgan fingerprint density at radius 1 is 1.38 bits per heavy atom. The van der Waals surface area contributed by atoms with Crippen molar-refractivity contribution in [3.63, 3.8) is 0 Å². The Bertz CT molecular complexity index is 335. The van der Waals surface area contributed by atoms with E-state index in [1.807, 2.05) is 0 Å². The highest BCUT2D eigenvalue weighted by Crippen LogP contribution is 2.00. The molecule has 0 amide bonds. The van der Waals surface area contributed by atoms with Crippen LogP contribution in [0.2, 0.25) is 0 Å². The van der Waals surface area contributed by atoms with E-state index in [0.717, 1.165) is 17.9 Å². The second kappa shape index (κ2) is 4.01. The van der Waals surface area contributed by atoms with Crippen LogP contribution in [0.3, 0.4) is 0 Å². The summed E-state index contributed by atoms with van der Waals surface area (Å²) in [7, 11) is 0. The quantitative estimate of drug-likeness (QED) is 0.521. The first-order valence-corrected chi connectivity index (χ1v) is 5.13. The van der Waals surface area contributed by atoms with Crippen molar-refractivity contribution in [1.82, 2.24) is 4.57 Å². The average molecular weight is 197 g/mol. The van der Waals surface area contributed by atoms with Gasteiger partial charge in [-0.2, -0.15) is 0 Å². The molecule has 0 atom stereocenters. The molecule has 0 bridgehead atoms. The van der Waals surface area contributed by atoms with E-state index in [-0.39, 0.29) is 0 Å². The largest absolute Gasteiger partial charge is 0.351 e. The first-order chi connectivity index (χ1) is 6.11. The third-order valence-corrected chi connectivity index (χ3v) is 2.80. The highest BCUT2D eigenvalue weighted by molar-refractivity contribution is 7.71. The van der Waals surface area contributed by atoms with E-state index in [9.17, 15) is 0 Å². The molecule has 1 heterocycles. The van der Waals surface area contributed by atoms with Crippen LogP contribution in [-0.4, -0.2) is 4.57 Å². The lowest BCUT2D eigenvalue weighted by Gasteiger charge is -2.07. The summed E-state index contributed by atoms with van der Waals surface area (Å²) in [5, 5.41) is 0. The molecule has 0 unspecified atom stereocenters. The molecule has 0 radical (unpaired) electrons. The summed E-state index contributed by atoms with van der Waals surface area (Å²) in [5.74, 6) is 0. The van der Waals surface area contributed by atoms with E-state index in [1.54, 1.807) is 0 Å². The molecule has 72 valence electrons. The molecule has 13 heavy (non-hydrogen) atoms. The van der Waals surface area contributed by atoms with Gasteiger partial charge >= 0.3 is 4.77 Å². The van der Waals surface area contributed by atoms with Crippen LogP contribution in [0.15, 0.2) is 6.07 Å². The molecular formula is C10H17N2S+. The molecule has 1 aromatic rings. The third-order valence-electron chi connectivity index (χ3n) is 2.36. The molecule has 3 heteroatoms. The van der Waals surface area contributed by atoms with Gasteiger partial charge in [-0.15, -0.1) is 0 Å². The number of aryl methyl sites for hydroxylation is 2. The van der Waals surface area contributed by atoms with Crippen molar-refractivity contribution >= 4 is 12.2 Å². The third kappa shape index (κ3) is 1.80. The van der Waals surface area contributed by atoms with Gasteiger partial charge in [-0.1, -0.05) is 0 Å². The van der Waals surface area contributed by atoms with Crippen molar-refractivity contribution in [3.05, 3.63) is 22.2 Å². The molecule has 1 aromatic heterocycles. The maximum absolute atomic E-state index is 5.39. The minimum Gasteiger partial charge on any atom is -0.222 e. The minimum atomic E-state index is 0.933. The molecule has 0 N–H and O–H groups in total. The maximum Gasteiger partial charge on any atom is 0.351 e. The lowest BCUT2D eigenvalue weighted by molar-refractivity contribution is -0.710. The maximum atomic E-state index is 5.39. The summed E-state index contributed by atoms with van der Waals surface area (Å²) in [5.41, 5.74) is 2.49. The van der Waals surface area contributed by atoms with E-state index in [1.165, 1.54) is 11.4 Å². The fraction of sp³-hybridized carbons (Fsp3) is 0.600.